The van der Waals surface area contributed by atoms with Crippen LogP contribution in [0.4, 0.5) is 8.78 Å². The van der Waals surface area contributed by atoms with Crippen molar-refractivity contribution < 1.29 is 23.4 Å². The Kier molecular flexibility index (Phi) is 8.53. The third kappa shape index (κ3) is 6.32. The van der Waals surface area contributed by atoms with E-state index in [4.69, 9.17) is 27.9 Å². The average molecular weight is 547 g/mol. The molecule has 0 spiro atoms. The molecule has 0 unspecified atom stereocenters. The molecule has 1 saturated heterocycles. The van der Waals surface area contributed by atoms with Gasteiger partial charge in [0.25, 0.3) is 0 Å². The van der Waals surface area contributed by atoms with Crippen LogP contribution in [0.2, 0.25) is 10.0 Å². The van der Waals surface area contributed by atoms with Crippen LogP contribution in [0.15, 0.2) is 42.6 Å². The SMILES string of the molecule is COc1ccc2ncc(Cl)c([C@H](F)CCC3(C(=O)O)CCN(CC#Cc4cc(F)cc(Cl)c4)CC3)c2c1. The number of carbonyl (C=O) groups is 1. The maximum atomic E-state index is 15.6. The van der Waals surface area contributed by atoms with Crippen molar-refractivity contribution in [2.75, 3.05) is 26.7 Å². The van der Waals surface area contributed by atoms with Crippen LogP contribution in [0.1, 0.15) is 43.0 Å². The summed E-state index contributed by atoms with van der Waals surface area (Å²) in [6, 6.07) is 9.29. The van der Waals surface area contributed by atoms with E-state index in [1.54, 1.807) is 24.3 Å². The van der Waals surface area contributed by atoms with Gasteiger partial charge in [-0.05, 0) is 62.1 Å². The molecule has 1 aromatic heterocycles. The molecule has 0 bridgehead atoms. The molecule has 0 radical (unpaired) electrons. The first-order valence-electron chi connectivity index (χ1n) is 11.9. The molecule has 1 fully saturated rings. The van der Waals surface area contributed by atoms with E-state index in [-0.39, 0.29) is 22.9 Å². The number of hydrogen-bond acceptors (Lipinski definition) is 4. The fourth-order valence-corrected chi connectivity index (χ4v) is 5.24. The summed E-state index contributed by atoms with van der Waals surface area (Å²) in [5, 5.41) is 11.1. The molecule has 5 nitrogen and oxygen atoms in total. The lowest BCUT2D eigenvalue weighted by molar-refractivity contribution is -0.152. The number of piperidine rings is 1. The van der Waals surface area contributed by atoms with Crippen molar-refractivity contribution in [1.82, 2.24) is 9.88 Å². The van der Waals surface area contributed by atoms with Gasteiger partial charge in [0, 0.05) is 40.8 Å². The van der Waals surface area contributed by atoms with Crippen LogP contribution in [0.3, 0.4) is 0 Å². The van der Waals surface area contributed by atoms with E-state index in [2.05, 4.69) is 16.8 Å². The minimum absolute atomic E-state index is 0.0163. The second kappa shape index (κ2) is 11.6. The van der Waals surface area contributed by atoms with E-state index < -0.39 is 23.4 Å². The monoisotopic (exact) mass is 546 g/mol. The first-order chi connectivity index (χ1) is 17.7. The molecule has 2 aromatic carbocycles. The lowest BCUT2D eigenvalue weighted by Gasteiger charge is -2.38. The van der Waals surface area contributed by atoms with Gasteiger partial charge in [-0.2, -0.15) is 0 Å². The largest absolute Gasteiger partial charge is 0.497 e. The maximum Gasteiger partial charge on any atom is 0.309 e. The van der Waals surface area contributed by atoms with Crippen LogP contribution in [0.25, 0.3) is 10.9 Å². The van der Waals surface area contributed by atoms with Crippen LogP contribution in [0.5, 0.6) is 5.75 Å². The predicted molar refractivity (Wildman–Crippen MR) is 140 cm³/mol. The van der Waals surface area contributed by atoms with E-state index in [1.807, 2.05) is 4.90 Å². The fraction of sp³-hybridized carbons (Fsp3) is 0.357. The first-order valence-corrected chi connectivity index (χ1v) is 12.6. The molecular formula is C28H26Cl2F2N2O3. The fourth-order valence-electron chi connectivity index (χ4n) is 4.75. The number of halogens is 4. The van der Waals surface area contributed by atoms with Crippen molar-refractivity contribution in [2.45, 2.75) is 31.9 Å². The Morgan fingerprint density at radius 1 is 1.24 bits per heavy atom. The van der Waals surface area contributed by atoms with Crippen molar-refractivity contribution in [1.29, 1.82) is 0 Å². The van der Waals surface area contributed by atoms with Gasteiger partial charge in [-0.25, -0.2) is 8.78 Å². The number of carboxylic acids is 1. The van der Waals surface area contributed by atoms with Crippen LogP contribution >= 0.6 is 23.2 Å². The normalized spacial score (nSPS) is 16.1. The summed E-state index contributed by atoms with van der Waals surface area (Å²) >= 11 is 12.2. The van der Waals surface area contributed by atoms with E-state index in [0.717, 1.165) is 0 Å². The molecule has 0 saturated carbocycles. The van der Waals surface area contributed by atoms with Crippen LogP contribution in [-0.2, 0) is 4.79 Å². The van der Waals surface area contributed by atoms with Gasteiger partial charge in [0.2, 0.25) is 0 Å². The number of nitrogens with zero attached hydrogens (tertiary/aromatic N) is 2. The van der Waals surface area contributed by atoms with Gasteiger partial charge in [0.15, 0.2) is 0 Å². The summed E-state index contributed by atoms with van der Waals surface area (Å²) in [7, 11) is 1.53. The Morgan fingerprint density at radius 3 is 2.68 bits per heavy atom. The van der Waals surface area contributed by atoms with Crippen molar-refractivity contribution >= 4 is 40.1 Å². The highest BCUT2D eigenvalue weighted by atomic mass is 35.5. The van der Waals surface area contributed by atoms with E-state index in [9.17, 15) is 14.3 Å². The number of benzene rings is 2. The van der Waals surface area contributed by atoms with Crippen LogP contribution < -0.4 is 4.74 Å². The molecule has 1 atom stereocenters. The molecule has 2 heterocycles. The molecule has 1 aliphatic heterocycles. The zero-order valence-electron chi connectivity index (χ0n) is 20.2. The zero-order chi connectivity index (χ0) is 26.6. The summed E-state index contributed by atoms with van der Waals surface area (Å²) in [5.74, 6) is 5.08. The Labute approximate surface area is 224 Å². The molecule has 0 aliphatic carbocycles. The molecule has 9 heteroatoms. The number of methoxy groups -OCH3 is 1. The molecular weight excluding hydrogens is 521 g/mol. The number of fused-ring (bicyclic) bond motifs is 1. The van der Waals surface area contributed by atoms with Gasteiger partial charge in [-0.3, -0.25) is 14.7 Å². The predicted octanol–water partition coefficient (Wildman–Crippen LogP) is 6.70. The van der Waals surface area contributed by atoms with Gasteiger partial charge in [-0.1, -0.05) is 35.0 Å². The summed E-state index contributed by atoms with van der Waals surface area (Å²) in [4.78, 5) is 18.6. The molecule has 1 aliphatic rings. The van der Waals surface area contributed by atoms with Crippen molar-refractivity contribution in [3.05, 3.63) is 69.6 Å². The quantitative estimate of drug-likeness (QED) is 0.334. The second-order valence-electron chi connectivity index (χ2n) is 9.23. The Hall–Kier alpha value is -2.92. The minimum Gasteiger partial charge on any atom is -0.497 e. The summed E-state index contributed by atoms with van der Waals surface area (Å²) in [6.07, 6.45) is 0.908. The summed E-state index contributed by atoms with van der Waals surface area (Å²) in [5.41, 5.74) is 0.343. The molecule has 194 valence electrons. The topological polar surface area (TPSA) is 62.7 Å². The van der Waals surface area contributed by atoms with E-state index in [1.165, 1.54) is 25.4 Å². The van der Waals surface area contributed by atoms with Crippen LogP contribution in [0, 0.1) is 23.1 Å². The molecule has 0 amide bonds. The maximum absolute atomic E-state index is 15.6. The van der Waals surface area contributed by atoms with E-state index >= 15 is 4.39 Å². The summed E-state index contributed by atoms with van der Waals surface area (Å²) < 4.78 is 34.3. The van der Waals surface area contributed by atoms with Gasteiger partial charge in [0.1, 0.15) is 17.7 Å². The number of alkyl halides is 1. The molecule has 37 heavy (non-hydrogen) atoms. The summed E-state index contributed by atoms with van der Waals surface area (Å²) in [6.45, 7) is 1.44. The standard InChI is InChI=1S/C28H26Cl2F2N2O3/c1-37-21-4-5-25-22(16-21)26(23(30)17-33-25)24(32)6-7-28(27(35)36)8-11-34(12-9-28)10-2-3-18-13-19(29)15-20(31)14-18/h4-5,13-17,24H,6-12H2,1H3,(H,35,36)/t24-/m1/s1. The Morgan fingerprint density at radius 2 is 2.00 bits per heavy atom. The van der Waals surface area contributed by atoms with Crippen molar-refractivity contribution in [3.8, 4) is 17.6 Å². The number of pyridine rings is 1. The molecule has 4 rings (SSSR count). The van der Waals surface area contributed by atoms with Gasteiger partial charge >= 0.3 is 5.97 Å². The lowest BCUT2D eigenvalue weighted by Crippen LogP contribution is -2.44. The number of ether oxygens (including phenoxy) is 1. The van der Waals surface area contributed by atoms with E-state index in [0.29, 0.717) is 60.3 Å². The van der Waals surface area contributed by atoms with Crippen molar-refractivity contribution in [3.63, 3.8) is 0 Å². The Bertz CT molecular complexity index is 1340. The third-order valence-electron chi connectivity index (χ3n) is 6.92. The highest BCUT2D eigenvalue weighted by molar-refractivity contribution is 6.32. The highest BCUT2D eigenvalue weighted by Gasteiger charge is 2.41. The van der Waals surface area contributed by atoms with Gasteiger partial charge in [-0.15, -0.1) is 0 Å². The number of carboxylic acid groups (broad SMARTS) is 1. The highest BCUT2D eigenvalue weighted by Crippen LogP contribution is 2.42. The average Bonchev–Trinajstić information content (AvgIpc) is 2.87. The second-order valence-corrected chi connectivity index (χ2v) is 10.1. The number of aromatic nitrogens is 1. The molecule has 1 N–H and O–H groups in total. The first kappa shape index (κ1) is 27.1. The third-order valence-corrected chi connectivity index (χ3v) is 7.44. The van der Waals surface area contributed by atoms with Crippen molar-refractivity contribution in [2.24, 2.45) is 5.41 Å². The lowest BCUT2D eigenvalue weighted by atomic mass is 9.74. The van der Waals surface area contributed by atoms with Gasteiger partial charge < -0.3 is 9.84 Å². The van der Waals surface area contributed by atoms with Crippen LogP contribution in [-0.4, -0.2) is 47.7 Å². The van der Waals surface area contributed by atoms with Gasteiger partial charge in [0.05, 0.1) is 29.6 Å². The molecule has 3 aromatic rings. The number of likely N-dealkylation sites (tertiary alicyclic amines) is 1. The number of rotatable bonds is 7. The smallest absolute Gasteiger partial charge is 0.309 e. The number of hydrogen-bond donors (Lipinski definition) is 1. The minimum atomic E-state index is -1.46. The number of aliphatic carboxylic acids is 1. The Balaban J connectivity index is 1.41. The zero-order valence-corrected chi connectivity index (χ0v) is 21.8.